The number of likely N-dealkylation sites (tertiary alicyclic amines) is 1. The molecular weight excluding hydrogens is 268 g/mol. The summed E-state index contributed by atoms with van der Waals surface area (Å²) in [4.78, 5) is 26.0. The number of nitrogens with zero attached hydrogens (tertiary/aromatic N) is 1. The molecule has 0 aromatic rings. The van der Waals surface area contributed by atoms with Crippen LogP contribution in [-0.2, 0) is 9.59 Å². The van der Waals surface area contributed by atoms with Gasteiger partial charge in [-0.2, -0.15) is 0 Å². The number of hydrogen-bond acceptors (Lipinski definition) is 3. The molecule has 1 saturated heterocycles. The normalized spacial score (nSPS) is 27.8. The van der Waals surface area contributed by atoms with Gasteiger partial charge in [0.05, 0.1) is 11.8 Å². The van der Waals surface area contributed by atoms with Gasteiger partial charge in [-0.3, -0.25) is 9.59 Å². The molecule has 5 nitrogen and oxygen atoms in total. The fourth-order valence-corrected chi connectivity index (χ4v) is 3.25. The van der Waals surface area contributed by atoms with Crippen molar-refractivity contribution in [1.82, 2.24) is 10.2 Å². The van der Waals surface area contributed by atoms with E-state index in [-0.39, 0.29) is 11.9 Å². The number of carboxylic acids is 1. The molecule has 5 heteroatoms. The third-order valence-corrected chi connectivity index (χ3v) is 4.69. The zero-order valence-electron chi connectivity index (χ0n) is 12.9. The third-order valence-electron chi connectivity index (χ3n) is 4.69. The lowest BCUT2D eigenvalue weighted by Crippen LogP contribution is -2.49. The van der Waals surface area contributed by atoms with Crippen molar-refractivity contribution in [2.24, 2.45) is 11.8 Å². The third kappa shape index (κ3) is 4.06. The summed E-state index contributed by atoms with van der Waals surface area (Å²) in [7, 11) is 0. The van der Waals surface area contributed by atoms with Crippen molar-refractivity contribution in [3.63, 3.8) is 0 Å². The molecule has 118 valence electrons. The molecule has 21 heavy (non-hydrogen) atoms. The van der Waals surface area contributed by atoms with Crippen molar-refractivity contribution in [2.75, 3.05) is 13.1 Å². The van der Waals surface area contributed by atoms with E-state index in [1.165, 1.54) is 0 Å². The minimum atomic E-state index is -0.867. The van der Waals surface area contributed by atoms with E-state index < -0.39 is 17.8 Å². The maximum absolute atomic E-state index is 12.4. The number of carbonyl (C=O) groups excluding carboxylic acids is 1. The largest absolute Gasteiger partial charge is 0.481 e. The highest BCUT2D eigenvalue weighted by Gasteiger charge is 2.35. The predicted octanol–water partition coefficient (Wildman–Crippen LogP) is 1.64. The first-order chi connectivity index (χ1) is 9.99. The molecule has 0 radical (unpaired) electrons. The molecule has 1 aliphatic heterocycles. The van der Waals surface area contributed by atoms with Gasteiger partial charge in [0.2, 0.25) is 5.91 Å². The first-order valence-electron chi connectivity index (χ1n) is 7.91. The quantitative estimate of drug-likeness (QED) is 0.773. The monoisotopic (exact) mass is 294 g/mol. The highest BCUT2D eigenvalue weighted by Crippen LogP contribution is 2.26. The number of hydrogen-bond donors (Lipinski definition) is 2. The number of allylic oxidation sites excluding steroid dienone is 2. The zero-order chi connectivity index (χ0) is 15.4. The van der Waals surface area contributed by atoms with Crippen molar-refractivity contribution >= 4 is 11.9 Å². The van der Waals surface area contributed by atoms with Gasteiger partial charge < -0.3 is 15.3 Å². The van der Waals surface area contributed by atoms with Crippen LogP contribution in [0, 0.1) is 11.8 Å². The second kappa shape index (κ2) is 7.07. The highest BCUT2D eigenvalue weighted by molar-refractivity contribution is 5.85. The molecule has 0 aromatic carbocycles. The van der Waals surface area contributed by atoms with Crippen molar-refractivity contribution in [3.05, 3.63) is 12.2 Å². The molecule has 1 fully saturated rings. The number of carboxylic acid groups (broad SMARTS) is 1. The molecule has 0 unspecified atom stereocenters. The van der Waals surface area contributed by atoms with Gasteiger partial charge in [-0.15, -0.1) is 0 Å². The van der Waals surface area contributed by atoms with Crippen molar-refractivity contribution in [1.29, 1.82) is 0 Å². The number of carbonyl (C=O) groups is 2. The minimum Gasteiger partial charge on any atom is -0.481 e. The maximum atomic E-state index is 12.4. The fraction of sp³-hybridized carbons (Fsp3) is 0.750. The zero-order valence-corrected chi connectivity index (χ0v) is 12.9. The van der Waals surface area contributed by atoms with Crippen LogP contribution in [0.1, 0.15) is 39.5 Å². The SMILES string of the molecule is CC(C)N1CCC(NC(=O)[C@@H]2CC=CC[C@@H]2C(=O)O)CC1. The average Bonchev–Trinajstić information content (AvgIpc) is 2.47. The van der Waals surface area contributed by atoms with Crippen LogP contribution in [-0.4, -0.2) is 47.1 Å². The summed E-state index contributed by atoms with van der Waals surface area (Å²) in [5.41, 5.74) is 0. The molecule has 0 bridgehead atoms. The lowest BCUT2D eigenvalue weighted by atomic mass is 9.82. The number of amides is 1. The summed E-state index contributed by atoms with van der Waals surface area (Å²) in [6, 6.07) is 0.731. The Morgan fingerprint density at radius 2 is 1.71 bits per heavy atom. The van der Waals surface area contributed by atoms with Crippen LogP contribution in [0.3, 0.4) is 0 Å². The predicted molar refractivity (Wildman–Crippen MR) is 80.9 cm³/mol. The maximum Gasteiger partial charge on any atom is 0.307 e. The standard InChI is InChI=1S/C16H26N2O3/c1-11(2)18-9-7-12(8-10-18)17-15(19)13-5-3-4-6-14(13)16(20)21/h3-4,11-14H,5-10H2,1-2H3,(H,17,19)(H,20,21)/t13-,14+/m1/s1. The van der Waals surface area contributed by atoms with E-state index >= 15 is 0 Å². The molecule has 2 N–H and O–H groups in total. The first kappa shape index (κ1) is 16.0. The Morgan fingerprint density at radius 3 is 2.24 bits per heavy atom. The van der Waals surface area contributed by atoms with Crippen LogP contribution in [0.4, 0.5) is 0 Å². The summed E-state index contributed by atoms with van der Waals surface area (Å²) in [6.07, 6.45) is 6.68. The Bertz CT molecular complexity index is 412. The topological polar surface area (TPSA) is 69.6 Å². The lowest BCUT2D eigenvalue weighted by molar-refractivity contribution is -0.147. The van der Waals surface area contributed by atoms with E-state index in [2.05, 4.69) is 24.1 Å². The molecule has 1 aliphatic carbocycles. The first-order valence-corrected chi connectivity index (χ1v) is 7.91. The van der Waals surface area contributed by atoms with Gasteiger partial charge in [-0.25, -0.2) is 0 Å². The summed E-state index contributed by atoms with van der Waals surface area (Å²) >= 11 is 0. The van der Waals surface area contributed by atoms with E-state index in [0.29, 0.717) is 18.9 Å². The Labute approximate surface area is 126 Å². The van der Waals surface area contributed by atoms with E-state index in [0.717, 1.165) is 25.9 Å². The molecule has 1 heterocycles. The van der Waals surface area contributed by atoms with Gasteiger partial charge in [0, 0.05) is 25.2 Å². The molecular formula is C16H26N2O3. The van der Waals surface area contributed by atoms with E-state index in [1.54, 1.807) is 0 Å². The van der Waals surface area contributed by atoms with Crippen LogP contribution < -0.4 is 5.32 Å². The minimum absolute atomic E-state index is 0.0882. The molecule has 0 saturated carbocycles. The average molecular weight is 294 g/mol. The van der Waals surface area contributed by atoms with Crippen LogP contribution in [0.15, 0.2) is 12.2 Å². The number of nitrogens with one attached hydrogen (secondary N) is 1. The molecule has 1 amide bonds. The van der Waals surface area contributed by atoms with Gasteiger partial charge in [0.1, 0.15) is 0 Å². The van der Waals surface area contributed by atoms with E-state index in [9.17, 15) is 14.7 Å². The second-order valence-electron chi connectivity index (χ2n) is 6.41. The molecule has 2 rings (SSSR count). The lowest BCUT2D eigenvalue weighted by Gasteiger charge is -2.35. The Morgan fingerprint density at radius 1 is 1.14 bits per heavy atom. The Hall–Kier alpha value is -1.36. The molecule has 0 spiro atoms. The number of piperidine rings is 1. The van der Waals surface area contributed by atoms with Crippen LogP contribution in [0.2, 0.25) is 0 Å². The molecule has 0 aromatic heterocycles. The Balaban J connectivity index is 1.87. The van der Waals surface area contributed by atoms with E-state index in [4.69, 9.17) is 0 Å². The van der Waals surface area contributed by atoms with Crippen molar-refractivity contribution in [3.8, 4) is 0 Å². The fourth-order valence-electron chi connectivity index (χ4n) is 3.25. The highest BCUT2D eigenvalue weighted by atomic mass is 16.4. The van der Waals surface area contributed by atoms with Gasteiger partial charge in [0.25, 0.3) is 0 Å². The number of aliphatic carboxylic acids is 1. The Kier molecular flexibility index (Phi) is 5.39. The van der Waals surface area contributed by atoms with Gasteiger partial charge >= 0.3 is 5.97 Å². The smallest absolute Gasteiger partial charge is 0.307 e. The molecule has 2 atom stereocenters. The summed E-state index contributed by atoms with van der Waals surface area (Å²) < 4.78 is 0. The van der Waals surface area contributed by atoms with Crippen LogP contribution in [0.25, 0.3) is 0 Å². The van der Waals surface area contributed by atoms with E-state index in [1.807, 2.05) is 12.2 Å². The van der Waals surface area contributed by atoms with Crippen LogP contribution in [0.5, 0.6) is 0 Å². The number of rotatable bonds is 4. The van der Waals surface area contributed by atoms with Gasteiger partial charge in [0.15, 0.2) is 0 Å². The van der Waals surface area contributed by atoms with Crippen molar-refractivity contribution in [2.45, 2.75) is 51.6 Å². The molecule has 2 aliphatic rings. The van der Waals surface area contributed by atoms with Crippen molar-refractivity contribution < 1.29 is 14.7 Å². The summed E-state index contributed by atoms with van der Waals surface area (Å²) in [6.45, 7) is 6.36. The summed E-state index contributed by atoms with van der Waals surface area (Å²) in [5, 5.41) is 12.3. The second-order valence-corrected chi connectivity index (χ2v) is 6.41. The van der Waals surface area contributed by atoms with Crippen LogP contribution >= 0.6 is 0 Å². The van der Waals surface area contributed by atoms with Gasteiger partial charge in [-0.05, 0) is 39.5 Å². The van der Waals surface area contributed by atoms with Gasteiger partial charge in [-0.1, -0.05) is 12.2 Å². The summed E-state index contributed by atoms with van der Waals surface area (Å²) in [5.74, 6) is -1.95.